The fourth-order valence-electron chi connectivity index (χ4n) is 3.06. The molecule has 1 aliphatic rings. The molecule has 0 fully saturated rings. The number of fused-ring (bicyclic) bond motifs is 1. The van der Waals surface area contributed by atoms with E-state index in [0.717, 1.165) is 29.7 Å². The number of hydrogen-bond donors (Lipinski definition) is 2. The lowest BCUT2D eigenvalue weighted by Gasteiger charge is -2.09. The number of methoxy groups -OCH3 is 2. The van der Waals surface area contributed by atoms with E-state index in [9.17, 15) is 14.4 Å². The molecule has 1 heterocycles. The standard InChI is InChI=1S/C19H20N2O6S/c1-25-11-6-10(7-12(8-11)26-2)19(24)27-9-15(22)21-18-16(17(20)23)13-4-3-5-14(13)28-18/h6-8H,3-5,9H2,1-2H3,(H2,20,23)(H,21,22). The highest BCUT2D eigenvalue weighted by Gasteiger charge is 2.26. The largest absolute Gasteiger partial charge is 0.497 e. The molecule has 0 saturated carbocycles. The van der Waals surface area contributed by atoms with Gasteiger partial charge in [0, 0.05) is 10.9 Å². The van der Waals surface area contributed by atoms with Gasteiger partial charge >= 0.3 is 5.97 Å². The lowest BCUT2D eigenvalue weighted by atomic mass is 10.1. The summed E-state index contributed by atoms with van der Waals surface area (Å²) in [5, 5.41) is 3.03. The van der Waals surface area contributed by atoms with E-state index in [1.165, 1.54) is 37.7 Å². The SMILES string of the molecule is COc1cc(OC)cc(C(=O)OCC(=O)Nc2sc3c(c2C(N)=O)CCC3)c1. The monoisotopic (exact) mass is 404 g/mol. The van der Waals surface area contributed by atoms with Gasteiger partial charge in [-0.2, -0.15) is 0 Å². The first-order valence-electron chi connectivity index (χ1n) is 8.57. The second kappa shape index (κ2) is 8.30. The molecule has 3 N–H and O–H groups in total. The summed E-state index contributed by atoms with van der Waals surface area (Å²) in [5.74, 6) is -0.971. The summed E-state index contributed by atoms with van der Waals surface area (Å²) >= 11 is 1.34. The Balaban J connectivity index is 1.65. The minimum absolute atomic E-state index is 0.192. The van der Waals surface area contributed by atoms with Gasteiger partial charge in [0.25, 0.3) is 11.8 Å². The summed E-state index contributed by atoms with van der Waals surface area (Å²) in [5.41, 5.74) is 6.93. The van der Waals surface area contributed by atoms with Crippen LogP contribution in [0.3, 0.4) is 0 Å². The Bertz CT molecular complexity index is 914. The first-order chi connectivity index (χ1) is 13.4. The van der Waals surface area contributed by atoms with E-state index in [2.05, 4.69) is 5.32 Å². The fourth-order valence-corrected chi connectivity index (χ4v) is 4.37. The highest BCUT2D eigenvalue weighted by atomic mass is 32.1. The Morgan fingerprint density at radius 3 is 2.39 bits per heavy atom. The Labute approximate surface area is 165 Å². The molecule has 2 amide bonds. The van der Waals surface area contributed by atoms with E-state index in [1.807, 2.05) is 0 Å². The highest BCUT2D eigenvalue weighted by molar-refractivity contribution is 7.17. The van der Waals surface area contributed by atoms with Crippen LogP contribution in [-0.4, -0.2) is 38.6 Å². The maximum Gasteiger partial charge on any atom is 0.338 e. The van der Waals surface area contributed by atoms with Crippen LogP contribution in [0.5, 0.6) is 11.5 Å². The molecule has 0 saturated heterocycles. The van der Waals surface area contributed by atoms with Crippen LogP contribution in [0.2, 0.25) is 0 Å². The summed E-state index contributed by atoms with van der Waals surface area (Å²) in [4.78, 5) is 37.3. The summed E-state index contributed by atoms with van der Waals surface area (Å²) in [6.07, 6.45) is 2.60. The molecule has 2 aromatic rings. The van der Waals surface area contributed by atoms with E-state index in [1.54, 1.807) is 6.07 Å². The number of amides is 2. The minimum atomic E-state index is -0.698. The van der Waals surface area contributed by atoms with E-state index < -0.39 is 24.4 Å². The number of carbonyl (C=O) groups is 3. The molecule has 148 valence electrons. The van der Waals surface area contributed by atoms with Crippen molar-refractivity contribution in [2.45, 2.75) is 19.3 Å². The van der Waals surface area contributed by atoms with Crippen molar-refractivity contribution in [3.63, 3.8) is 0 Å². The summed E-state index contributed by atoms with van der Waals surface area (Å²) < 4.78 is 15.3. The summed E-state index contributed by atoms with van der Waals surface area (Å²) in [6.45, 7) is -0.501. The van der Waals surface area contributed by atoms with Crippen molar-refractivity contribution in [3.8, 4) is 11.5 Å². The molecule has 0 bridgehead atoms. The maximum absolute atomic E-state index is 12.2. The zero-order valence-corrected chi connectivity index (χ0v) is 16.3. The number of rotatable bonds is 7. The van der Waals surface area contributed by atoms with Gasteiger partial charge in [0.1, 0.15) is 16.5 Å². The van der Waals surface area contributed by atoms with Crippen molar-refractivity contribution in [1.29, 1.82) is 0 Å². The van der Waals surface area contributed by atoms with Crippen LogP contribution in [0.4, 0.5) is 5.00 Å². The number of nitrogens with one attached hydrogen (secondary N) is 1. The van der Waals surface area contributed by atoms with Gasteiger partial charge in [0.15, 0.2) is 6.61 Å². The molecular weight excluding hydrogens is 384 g/mol. The molecule has 1 aliphatic carbocycles. The molecule has 3 rings (SSSR count). The van der Waals surface area contributed by atoms with Crippen molar-refractivity contribution in [3.05, 3.63) is 39.8 Å². The van der Waals surface area contributed by atoms with Crippen LogP contribution < -0.4 is 20.5 Å². The molecule has 1 aromatic heterocycles. The molecule has 0 unspecified atom stereocenters. The van der Waals surface area contributed by atoms with E-state index in [0.29, 0.717) is 22.1 Å². The third-order valence-electron chi connectivity index (χ3n) is 4.34. The van der Waals surface area contributed by atoms with Crippen LogP contribution in [0.15, 0.2) is 18.2 Å². The van der Waals surface area contributed by atoms with Crippen LogP contribution in [-0.2, 0) is 22.4 Å². The second-order valence-corrected chi connectivity index (χ2v) is 7.26. The number of hydrogen-bond acceptors (Lipinski definition) is 7. The molecule has 0 spiro atoms. The number of anilines is 1. The number of ether oxygens (including phenoxy) is 3. The van der Waals surface area contributed by atoms with Gasteiger partial charge in [-0.3, -0.25) is 9.59 Å². The van der Waals surface area contributed by atoms with Gasteiger partial charge in [0.2, 0.25) is 0 Å². The van der Waals surface area contributed by atoms with Gasteiger partial charge in [-0.1, -0.05) is 0 Å². The number of thiophene rings is 1. The fraction of sp³-hybridized carbons (Fsp3) is 0.316. The first kappa shape index (κ1) is 19.7. The van der Waals surface area contributed by atoms with Crippen molar-refractivity contribution in [2.24, 2.45) is 5.73 Å². The summed E-state index contributed by atoms with van der Waals surface area (Å²) in [6, 6.07) is 4.58. The molecule has 8 nitrogen and oxygen atoms in total. The van der Waals surface area contributed by atoms with Gasteiger partial charge < -0.3 is 25.3 Å². The Kier molecular flexibility index (Phi) is 5.84. The van der Waals surface area contributed by atoms with Crippen molar-refractivity contribution < 1.29 is 28.6 Å². The molecule has 0 atom stereocenters. The first-order valence-corrected chi connectivity index (χ1v) is 9.39. The number of carbonyl (C=O) groups excluding carboxylic acids is 3. The molecule has 1 aromatic carbocycles. The average molecular weight is 404 g/mol. The van der Waals surface area contributed by atoms with Crippen LogP contribution in [0, 0.1) is 0 Å². The van der Waals surface area contributed by atoms with Crippen molar-refractivity contribution >= 4 is 34.1 Å². The molecule has 0 aliphatic heterocycles. The topological polar surface area (TPSA) is 117 Å². The van der Waals surface area contributed by atoms with Gasteiger partial charge in [-0.25, -0.2) is 4.79 Å². The number of esters is 1. The number of benzene rings is 1. The predicted molar refractivity (Wildman–Crippen MR) is 103 cm³/mol. The Morgan fingerprint density at radius 2 is 1.79 bits per heavy atom. The van der Waals surface area contributed by atoms with Crippen LogP contribution in [0.1, 0.15) is 37.6 Å². The number of nitrogens with two attached hydrogens (primary N) is 1. The molecule has 28 heavy (non-hydrogen) atoms. The lowest BCUT2D eigenvalue weighted by molar-refractivity contribution is -0.119. The van der Waals surface area contributed by atoms with Crippen molar-refractivity contribution in [1.82, 2.24) is 0 Å². The zero-order chi connectivity index (χ0) is 20.3. The van der Waals surface area contributed by atoms with E-state index in [4.69, 9.17) is 19.9 Å². The molecule has 0 radical (unpaired) electrons. The van der Waals surface area contributed by atoms with Gasteiger partial charge in [0.05, 0.1) is 25.3 Å². The average Bonchev–Trinajstić information content (AvgIpc) is 3.25. The normalized spacial score (nSPS) is 12.2. The molecular formula is C19H20N2O6S. The third-order valence-corrected chi connectivity index (χ3v) is 5.55. The number of primary amides is 1. The van der Waals surface area contributed by atoms with Crippen molar-refractivity contribution in [2.75, 3.05) is 26.1 Å². The van der Waals surface area contributed by atoms with Gasteiger partial charge in [-0.15, -0.1) is 11.3 Å². The lowest BCUT2D eigenvalue weighted by Crippen LogP contribution is -2.22. The number of aryl methyl sites for hydroxylation is 1. The van der Waals surface area contributed by atoms with Crippen LogP contribution >= 0.6 is 11.3 Å². The minimum Gasteiger partial charge on any atom is -0.497 e. The van der Waals surface area contributed by atoms with Gasteiger partial charge in [-0.05, 0) is 37.0 Å². The maximum atomic E-state index is 12.2. The summed E-state index contributed by atoms with van der Waals surface area (Å²) in [7, 11) is 2.93. The quantitative estimate of drug-likeness (QED) is 0.683. The Hall–Kier alpha value is -3.07. The molecule has 9 heteroatoms. The predicted octanol–water partition coefficient (Wildman–Crippen LogP) is 2.15. The smallest absolute Gasteiger partial charge is 0.338 e. The van der Waals surface area contributed by atoms with Crippen LogP contribution in [0.25, 0.3) is 0 Å². The highest BCUT2D eigenvalue weighted by Crippen LogP contribution is 2.38. The third kappa shape index (κ3) is 4.09. The van der Waals surface area contributed by atoms with E-state index >= 15 is 0 Å². The Morgan fingerprint density at radius 1 is 1.11 bits per heavy atom. The van der Waals surface area contributed by atoms with E-state index in [-0.39, 0.29) is 5.56 Å². The second-order valence-electron chi connectivity index (χ2n) is 6.15. The zero-order valence-electron chi connectivity index (χ0n) is 15.5.